The molecule has 5 nitrogen and oxygen atoms in total. The minimum Gasteiger partial charge on any atom is -0.394 e. The van der Waals surface area contributed by atoms with E-state index in [2.05, 4.69) is 12.2 Å². The van der Waals surface area contributed by atoms with Gasteiger partial charge in [-0.25, -0.2) is 4.79 Å². The van der Waals surface area contributed by atoms with Gasteiger partial charge in [0.25, 0.3) is 0 Å². The van der Waals surface area contributed by atoms with Crippen LogP contribution < -0.4 is 5.32 Å². The number of carbonyl (C=O) groups is 1. The zero-order chi connectivity index (χ0) is 13.0. The monoisotopic (exact) mass is 256 g/mol. The topological polar surface area (TPSA) is 61.8 Å². The summed E-state index contributed by atoms with van der Waals surface area (Å²) >= 11 is 0. The Morgan fingerprint density at radius 3 is 2.94 bits per heavy atom. The van der Waals surface area contributed by atoms with Gasteiger partial charge in [-0.2, -0.15) is 0 Å². The van der Waals surface area contributed by atoms with Crippen LogP contribution >= 0.6 is 0 Å². The molecule has 2 rings (SSSR count). The number of likely N-dealkylation sites (tertiary alicyclic amines) is 1. The molecule has 2 saturated heterocycles. The first kappa shape index (κ1) is 13.6. The van der Waals surface area contributed by atoms with E-state index < -0.39 is 0 Å². The fourth-order valence-electron chi connectivity index (χ4n) is 2.91. The van der Waals surface area contributed by atoms with Gasteiger partial charge >= 0.3 is 6.03 Å². The van der Waals surface area contributed by atoms with Crippen LogP contribution in [0.15, 0.2) is 0 Å². The first-order valence-corrected chi connectivity index (χ1v) is 7.05. The van der Waals surface area contributed by atoms with Gasteiger partial charge in [0.05, 0.1) is 24.8 Å². The van der Waals surface area contributed by atoms with Gasteiger partial charge in [0.1, 0.15) is 0 Å². The van der Waals surface area contributed by atoms with Crippen LogP contribution in [0.1, 0.15) is 39.0 Å². The highest BCUT2D eigenvalue weighted by Gasteiger charge is 2.31. The molecule has 2 heterocycles. The van der Waals surface area contributed by atoms with E-state index in [-0.39, 0.29) is 30.8 Å². The maximum Gasteiger partial charge on any atom is 0.318 e. The van der Waals surface area contributed by atoms with Crippen molar-refractivity contribution in [3.05, 3.63) is 0 Å². The molecule has 18 heavy (non-hydrogen) atoms. The van der Waals surface area contributed by atoms with E-state index in [1.54, 1.807) is 4.90 Å². The number of ether oxygens (including phenoxy) is 1. The fraction of sp³-hybridized carbons (Fsp3) is 0.923. The van der Waals surface area contributed by atoms with Gasteiger partial charge in [0.2, 0.25) is 0 Å². The molecule has 0 radical (unpaired) electrons. The molecular weight excluding hydrogens is 232 g/mol. The van der Waals surface area contributed by atoms with Crippen molar-refractivity contribution in [3.63, 3.8) is 0 Å². The Kier molecular flexibility index (Phi) is 4.83. The number of hydrogen-bond donors (Lipinski definition) is 2. The molecule has 2 amide bonds. The number of hydrogen-bond acceptors (Lipinski definition) is 3. The second-order valence-corrected chi connectivity index (χ2v) is 5.19. The van der Waals surface area contributed by atoms with Crippen molar-refractivity contribution in [2.24, 2.45) is 0 Å². The lowest BCUT2D eigenvalue weighted by molar-refractivity contribution is 0.0753. The third-order valence-corrected chi connectivity index (χ3v) is 4.01. The zero-order valence-corrected chi connectivity index (χ0v) is 11.1. The Bertz CT molecular complexity index is 279. The molecule has 0 aromatic rings. The third kappa shape index (κ3) is 2.95. The molecule has 0 aromatic carbocycles. The molecule has 2 aliphatic heterocycles. The van der Waals surface area contributed by atoms with Crippen molar-refractivity contribution in [3.8, 4) is 0 Å². The summed E-state index contributed by atoms with van der Waals surface area (Å²) in [5, 5.41) is 12.3. The van der Waals surface area contributed by atoms with Crippen LogP contribution in [0.25, 0.3) is 0 Å². The minimum atomic E-state index is -0.0473. The first-order chi connectivity index (χ1) is 8.76. The summed E-state index contributed by atoms with van der Waals surface area (Å²) in [6.07, 6.45) is 5.04. The summed E-state index contributed by atoms with van der Waals surface area (Å²) in [4.78, 5) is 14.0. The Balaban J connectivity index is 1.88. The van der Waals surface area contributed by atoms with Crippen LogP contribution in [0.5, 0.6) is 0 Å². The average molecular weight is 256 g/mol. The maximum absolute atomic E-state index is 12.2. The molecule has 0 aromatic heterocycles. The lowest BCUT2D eigenvalue weighted by Gasteiger charge is -2.28. The molecule has 0 bridgehead atoms. The number of aliphatic hydroxyl groups excluding tert-OH is 1. The smallest absolute Gasteiger partial charge is 0.318 e. The van der Waals surface area contributed by atoms with Gasteiger partial charge in [0, 0.05) is 13.2 Å². The average Bonchev–Trinajstić information content (AvgIpc) is 3.05. The fourth-order valence-corrected chi connectivity index (χ4v) is 2.91. The summed E-state index contributed by atoms with van der Waals surface area (Å²) in [7, 11) is 0. The number of amides is 2. The van der Waals surface area contributed by atoms with E-state index in [0.29, 0.717) is 0 Å². The van der Waals surface area contributed by atoms with Crippen LogP contribution in [0.3, 0.4) is 0 Å². The molecule has 2 unspecified atom stereocenters. The van der Waals surface area contributed by atoms with Gasteiger partial charge in [-0.15, -0.1) is 0 Å². The summed E-state index contributed by atoms with van der Waals surface area (Å²) < 4.78 is 5.64. The summed E-state index contributed by atoms with van der Waals surface area (Å²) in [5.41, 5.74) is 0. The van der Waals surface area contributed by atoms with Crippen molar-refractivity contribution in [1.82, 2.24) is 10.2 Å². The third-order valence-electron chi connectivity index (χ3n) is 4.01. The maximum atomic E-state index is 12.2. The summed E-state index contributed by atoms with van der Waals surface area (Å²) in [5.74, 6) is 0. The van der Waals surface area contributed by atoms with Crippen LogP contribution in [0.4, 0.5) is 4.79 Å². The highest BCUT2D eigenvalue weighted by Crippen LogP contribution is 2.20. The quantitative estimate of drug-likeness (QED) is 0.792. The predicted octanol–water partition coefficient (Wildman–Crippen LogP) is 1.11. The Morgan fingerprint density at radius 1 is 1.50 bits per heavy atom. The van der Waals surface area contributed by atoms with Gasteiger partial charge < -0.3 is 20.1 Å². The van der Waals surface area contributed by atoms with Crippen LogP contribution in [-0.4, -0.2) is 54.0 Å². The van der Waals surface area contributed by atoms with Gasteiger partial charge in [0.15, 0.2) is 0 Å². The second-order valence-electron chi connectivity index (χ2n) is 5.19. The lowest BCUT2D eigenvalue weighted by atomic mass is 10.1. The Hall–Kier alpha value is -0.810. The number of nitrogens with one attached hydrogen (secondary N) is 1. The van der Waals surface area contributed by atoms with Crippen LogP contribution in [-0.2, 0) is 4.74 Å². The largest absolute Gasteiger partial charge is 0.394 e. The summed E-state index contributed by atoms with van der Waals surface area (Å²) in [6.45, 7) is 3.68. The van der Waals surface area contributed by atoms with Crippen molar-refractivity contribution >= 4 is 6.03 Å². The number of carbonyl (C=O) groups excluding carboxylic acids is 1. The number of urea groups is 1. The molecular formula is C13H24N2O3. The molecule has 0 aliphatic carbocycles. The normalized spacial score (nSPS) is 29.6. The first-order valence-electron chi connectivity index (χ1n) is 7.05. The van der Waals surface area contributed by atoms with E-state index in [1.807, 2.05) is 0 Å². The minimum absolute atomic E-state index is 0.00741. The van der Waals surface area contributed by atoms with E-state index >= 15 is 0 Å². The van der Waals surface area contributed by atoms with Gasteiger partial charge in [-0.3, -0.25) is 0 Å². The molecule has 2 N–H and O–H groups in total. The summed E-state index contributed by atoms with van der Waals surface area (Å²) in [6, 6.07) is 0.0424. The van der Waals surface area contributed by atoms with Gasteiger partial charge in [-0.1, -0.05) is 6.92 Å². The van der Waals surface area contributed by atoms with E-state index in [4.69, 9.17) is 4.74 Å². The van der Waals surface area contributed by atoms with Crippen LogP contribution in [0.2, 0.25) is 0 Å². The van der Waals surface area contributed by atoms with Crippen molar-refractivity contribution in [2.45, 2.75) is 57.2 Å². The Labute approximate surface area is 108 Å². The number of nitrogens with zero attached hydrogens (tertiary/aromatic N) is 1. The lowest BCUT2D eigenvalue weighted by Crippen LogP contribution is -2.51. The highest BCUT2D eigenvalue weighted by molar-refractivity contribution is 5.75. The van der Waals surface area contributed by atoms with Gasteiger partial charge in [-0.05, 0) is 32.1 Å². The molecule has 2 aliphatic rings. The van der Waals surface area contributed by atoms with E-state index in [9.17, 15) is 9.90 Å². The molecule has 3 atom stereocenters. The molecule has 104 valence electrons. The predicted molar refractivity (Wildman–Crippen MR) is 68.4 cm³/mol. The van der Waals surface area contributed by atoms with Crippen molar-refractivity contribution in [2.75, 3.05) is 19.8 Å². The van der Waals surface area contributed by atoms with Crippen molar-refractivity contribution in [1.29, 1.82) is 0 Å². The van der Waals surface area contributed by atoms with Crippen molar-refractivity contribution < 1.29 is 14.6 Å². The second kappa shape index (κ2) is 6.38. The number of rotatable bonds is 4. The van der Waals surface area contributed by atoms with E-state index in [1.165, 1.54) is 0 Å². The molecule has 0 spiro atoms. The number of aliphatic hydroxyl groups is 1. The Morgan fingerprint density at radius 2 is 2.33 bits per heavy atom. The van der Waals surface area contributed by atoms with Crippen LogP contribution in [0, 0.1) is 0 Å². The molecule has 2 fully saturated rings. The molecule has 0 saturated carbocycles. The van der Waals surface area contributed by atoms with E-state index in [0.717, 1.165) is 45.3 Å². The molecule has 5 heteroatoms. The zero-order valence-electron chi connectivity index (χ0n) is 11.1. The SMILES string of the molecule is CCC(NC(=O)N1CCC[C@H]1CO)C1CCCO1. The highest BCUT2D eigenvalue weighted by atomic mass is 16.5. The standard InChI is InChI=1S/C13H24N2O3/c1-2-11(12-6-4-8-18-12)14-13(17)15-7-3-5-10(15)9-16/h10-12,16H,2-9H2,1H3,(H,14,17)/t10-,11?,12?/m0/s1.